The maximum absolute atomic E-state index is 12.4. The van der Waals surface area contributed by atoms with Gasteiger partial charge in [-0.1, -0.05) is 18.2 Å². The number of nitrogens with zero attached hydrogens (tertiary/aromatic N) is 1. The average Bonchev–Trinajstić information content (AvgIpc) is 2.39. The summed E-state index contributed by atoms with van der Waals surface area (Å²) in [6.07, 6.45) is 0. The zero-order valence-electron chi connectivity index (χ0n) is 9.59. The third-order valence-corrected chi connectivity index (χ3v) is 4.65. The van der Waals surface area contributed by atoms with Crippen molar-refractivity contribution in [1.82, 2.24) is 4.98 Å². The van der Waals surface area contributed by atoms with Gasteiger partial charge in [-0.2, -0.15) is 0 Å². The Morgan fingerprint density at radius 3 is 2.39 bits per heavy atom. The highest BCUT2D eigenvalue weighted by Gasteiger charge is 2.21. The molecule has 4 nitrogen and oxygen atoms in total. The summed E-state index contributed by atoms with van der Waals surface area (Å²) in [4.78, 5) is 4.53. The van der Waals surface area contributed by atoms with Crippen LogP contribution in [0.1, 0.15) is 0 Å². The van der Waals surface area contributed by atoms with Crippen molar-refractivity contribution in [1.29, 1.82) is 0 Å². The van der Waals surface area contributed by atoms with Crippen LogP contribution in [-0.4, -0.2) is 20.4 Å². The van der Waals surface area contributed by atoms with Crippen molar-refractivity contribution in [2.75, 3.05) is 12.4 Å². The molecule has 94 valence electrons. The molecule has 0 aliphatic heterocycles. The van der Waals surface area contributed by atoms with Gasteiger partial charge in [0.25, 0.3) is 0 Å². The minimum atomic E-state index is -3.54. The van der Waals surface area contributed by atoms with Crippen molar-refractivity contribution < 1.29 is 8.42 Å². The molecule has 0 unspecified atom stereocenters. The molecule has 1 aromatic heterocycles. The largest absolute Gasteiger partial charge is 0.372 e. The number of benzene rings is 1. The molecule has 1 N–H and O–H groups in total. The molecule has 2 rings (SSSR count). The van der Waals surface area contributed by atoms with Gasteiger partial charge in [0.1, 0.15) is 15.3 Å². The summed E-state index contributed by atoms with van der Waals surface area (Å²) in [5, 5.41) is 2.79. The molecule has 0 atom stereocenters. The van der Waals surface area contributed by atoms with Crippen molar-refractivity contribution in [2.24, 2.45) is 0 Å². The van der Waals surface area contributed by atoms with Gasteiger partial charge in [-0.3, -0.25) is 0 Å². The van der Waals surface area contributed by atoms with Crippen LogP contribution in [0.4, 0.5) is 5.82 Å². The molecule has 0 amide bonds. The van der Waals surface area contributed by atoms with Gasteiger partial charge >= 0.3 is 0 Å². The van der Waals surface area contributed by atoms with E-state index in [1.54, 1.807) is 43.4 Å². The van der Waals surface area contributed by atoms with Crippen LogP contribution < -0.4 is 5.32 Å². The Morgan fingerprint density at radius 1 is 1.11 bits per heavy atom. The summed E-state index contributed by atoms with van der Waals surface area (Å²) >= 11 is 3.21. The molecule has 1 heterocycles. The average molecular weight is 327 g/mol. The van der Waals surface area contributed by atoms with Gasteiger partial charge in [0, 0.05) is 7.05 Å². The van der Waals surface area contributed by atoms with E-state index in [4.69, 9.17) is 0 Å². The van der Waals surface area contributed by atoms with E-state index in [9.17, 15) is 8.42 Å². The molecule has 0 radical (unpaired) electrons. The molecule has 6 heteroatoms. The summed E-state index contributed by atoms with van der Waals surface area (Å²) in [5.74, 6) is 0.327. The van der Waals surface area contributed by atoms with Crippen molar-refractivity contribution in [2.45, 2.75) is 9.79 Å². The molecule has 1 aromatic carbocycles. The molecule has 2 aromatic rings. The Labute approximate surface area is 114 Å². The molecule has 0 saturated carbocycles. The number of pyridine rings is 1. The van der Waals surface area contributed by atoms with E-state index < -0.39 is 9.84 Å². The van der Waals surface area contributed by atoms with E-state index in [1.807, 2.05) is 0 Å². The lowest BCUT2D eigenvalue weighted by atomic mass is 10.4. The predicted molar refractivity (Wildman–Crippen MR) is 73.4 cm³/mol. The minimum absolute atomic E-state index is 0.166. The lowest BCUT2D eigenvalue weighted by molar-refractivity contribution is 0.596. The summed E-state index contributed by atoms with van der Waals surface area (Å²) in [7, 11) is -1.91. The topological polar surface area (TPSA) is 59.1 Å². The molecular formula is C12H11BrN2O2S. The SMILES string of the molecule is CNc1nc(Br)ccc1S(=O)(=O)c1ccccc1. The summed E-state index contributed by atoms with van der Waals surface area (Å²) in [6.45, 7) is 0. The molecule has 0 bridgehead atoms. The number of anilines is 1. The first-order chi connectivity index (χ1) is 8.55. The van der Waals surface area contributed by atoms with Gasteiger partial charge < -0.3 is 5.32 Å². The molecule has 0 saturated heterocycles. The monoisotopic (exact) mass is 326 g/mol. The van der Waals surface area contributed by atoms with Crippen molar-refractivity contribution in [3.05, 3.63) is 47.1 Å². The van der Waals surface area contributed by atoms with E-state index in [-0.39, 0.29) is 9.79 Å². The fourth-order valence-corrected chi connectivity index (χ4v) is 3.27. The Hall–Kier alpha value is -1.40. The number of rotatable bonds is 3. The van der Waals surface area contributed by atoms with Crippen molar-refractivity contribution in [3.8, 4) is 0 Å². The van der Waals surface area contributed by atoms with Crippen LogP contribution in [0.25, 0.3) is 0 Å². The number of hydrogen-bond donors (Lipinski definition) is 1. The third-order valence-electron chi connectivity index (χ3n) is 2.40. The fraction of sp³-hybridized carbons (Fsp3) is 0.0833. The first kappa shape index (κ1) is 13.0. The maximum Gasteiger partial charge on any atom is 0.210 e. The number of sulfone groups is 1. The van der Waals surface area contributed by atoms with Gasteiger partial charge in [0.2, 0.25) is 9.84 Å². The highest BCUT2D eigenvalue weighted by molar-refractivity contribution is 9.10. The molecule has 18 heavy (non-hydrogen) atoms. The lowest BCUT2D eigenvalue weighted by Crippen LogP contribution is -2.07. The quantitative estimate of drug-likeness (QED) is 0.881. The van der Waals surface area contributed by atoms with E-state index in [0.717, 1.165) is 0 Å². The second-order valence-corrected chi connectivity index (χ2v) is 6.28. The zero-order chi connectivity index (χ0) is 13.2. The summed E-state index contributed by atoms with van der Waals surface area (Å²) < 4.78 is 25.4. The number of hydrogen-bond acceptors (Lipinski definition) is 4. The third kappa shape index (κ3) is 2.39. The van der Waals surface area contributed by atoms with E-state index in [0.29, 0.717) is 10.4 Å². The Morgan fingerprint density at radius 2 is 1.78 bits per heavy atom. The van der Waals surface area contributed by atoms with Crippen LogP contribution in [0.2, 0.25) is 0 Å². The van der Waals surface area contributed by atoms with Gasteiger partial charge in [0.15, 0.2) is 0 Å². The van der Waals surface area contributed by atoms with Crippen molar-refractivity contribution >= 4 is 31.6 Å². The normalized spacial score (nSPS) is 11.2. The van der Waals surface area contributed by atoms with Gasteiger partial charge in [-0.15, -0.1) is 0 Å². The molecule has 0 spiro atoms. The minimum Gasteiger partial charge on any atom is -0.372 e. The van der Waals surface area contributed by atoms with Crippen LogP contribution in [0, 0.1) is 0 Å². The standard InChI is InChI=1S/C12H11BrN2O2S/c1-14-12-10(7-8-11(13)15-12)18(16,17)9-5-3-2-4-6-9/h2-8H,1H3,(H,14,15). The van der Waals surface area contributed by atoms with Gasteiger partial charge in [-0.05, 0) is 40.2 Å². The first-order valence-electron chi connectivity index (χ1n) is 5.20. The van der Waals surface area contributed by atoms with Crippen molar-refractivity contribution in [3.63, 3.8) is 0 Å². The van der Waals surface area contributed by atoms with Crippen LogP contribution in [0.15, 0.2) is 56.9 Å². The number of halogens is 1. The fourth-order valence-electron chi connectivity index (χ4n) is 1.55. The van der Waals surface area contributed by atoms with E-state index in [1.165, 1.54) is 6.07 Å². The molecular weight excluding hydrogens is 316 g/mol. The highest BCUT2D eigenvalue weighted by atomic mass is 79.9. The lowest BCUT2D eigenvalue weighted by Gasteiger charge is -2.09. The van der Waals surface area contributed by atoms with E-state index >= 15 is 0 Å². The first-order valence-corrected chi connectivity index (χ1v) is 7.48. The number of nitrogens with one attached hydrogen (secondary N) is 1. The smallest absolute Gasteiger partial charge is 0.210 e. The van der Waals surface area contributed by atoms with E-state index in [2.05, 4.69) is 26.2 Å². The highest BCUT2D eigenvalue weighted by Crippen LogP contribution is 2.27. The second-order valence-electron chi connectivity index (χ2n) is 3.55. The van der Waals surface area contributed by atoms with Crippen LogP contribution in [-0.2, 0) is 9.84 Å². The van der Waals surface area contributed by atoms with Gasteiger partial charge in [0.05, 0.1) is 4.90 Å². The Bertz CT molecular complexity index is 657. The molecule has 0 aliphatic rings. The Kier molecular flexibility index (Phi) is 3.68. The van der Waals surface area contributed by atoms with Crippen LogP contribution in [0.3, 0.4) is 0 Å². The second kappa shape index (κ2) is 5.07. The summed E-state index contributed by atoms with van der Waals surface area (Å²) in [6, 6.07) is 11.4. The predicted octanol–water partition coefficient (Wildman–Crippen LogP) is 2.72. The zero-order valence-corrected chi connectivity index (χ0v) is 12.0. The Balaban J connectivity index is 2.62. The maximum atomic E-state index is 12.4. The molecule has 0 fully saturated rings. The summed E-state index contributed by atoms with van der Waals surface area (Å²) in [5.41, 5.74) is 0. The van der Waals surface area contributed by atoms with Crippen LogP contribution in [0.5, 0.6) is 0 Å². The van der Waals surface area contributed by atoms with Crippen LogP contribution >= 0.6 is 15.9 Å². The van der Waals surface area contributed by atoms with Gasteiger partial charge in [-0.25, -0.2) is 13.4 Å². The molecule has 0 aliphatic carbocycles. The number of aromatic nitrogens is 1.